The zero-order valence-electron chi connectivity index (χ0n) is 28.7. The molecule has 3 heterocycles. The number of fused-ring (bicyclic) bond motifs is 13. The average Bonchev–Trinajstić information content (AvgIpc) is 3.89. The van der Waals surface area contributed by atoms with Gasteiger partial charge in [0.15, 0.2) is 0 Å². The van der Waals surface area contributed by atoms with E-state index in [9.17, 15) is 10.5 Å². The molecule has 5 heteroatoms. The Balaban J connectivity index is 1.10. The molecule has 0 spiro atoms. The van der Waals surface area contributed by atoms with Crippen LogP contribution >= 0.6 is 0 Å². The van der Waals surface area contributed by atoms with E-state index in [1.807, 2.05) is 36.4 Å². The van der Waals surface area contributed by atoms with Crippen molar-refractivity contribution in [1.82, 2.24) is 9.13 Å². The van der Waals surface area contributed by atoms with Gasteiger partial charge in [0, 0.05) is 43.9 Å². The number of rotatable bonds is 2. The topological polar surface area (TPSA) is 57.4 Å². The van der Waals surface area contributed by atoms with Crippen LogP contribution in [0, 0.1) is 22.7 Å². The molecule has 1 aliphatic carbocycles. The van der Waals surface area contributed by atoms with Crippen LogP contribution in [0.15, 0.2) is 133 Å². The van der Waals surface area contributed by atoms with Crippen LogP contribution in [-0.2, 0) is 5.41 Å². The van der Waals surface area contributed by atoms with Crippen molar-refractivity contribution in [3.8, 4) is 45.8 Å². The van der Waals surface area contributed by atoms with Gasteiger partial charge < -0.3 is 9.13 Å². The molecular formula is C47H30N4Si. The van der Waals surface area contributed by atoms with Crippen LogP contribution in [0.4, 0.5) is 0 Å². The van der Waals surface area contributed by atoms with Crippen LogP contribution in [0.2, 0.25) is 0 Å². The lowest BCUT2D eigenvalue weighted by molar-refractivity contribution is 0.661. The lowest BCUT2D eigenvalue weighted by Crippen LogP contribution is -2.21. The van der Waals surface area contributed by atoms with Gasteiger partial charge in [0.05, 0.1) is 54.9 Å². The van der Waals surface area contributed by atoms with E-state index in [0.717, 1.165) is 27.5 Å². The molecule has 0 fully saturated rings. The second kappa shape index (κ2) is 10.2. The first-order valence-corrected chi connectivity index (χ1v) is 19.2. The molecule has 52 heavy (non-hydrogen) atoms. The van der Waals surface area contributed by atoms with E-state index < -0.39 is 9.52 Å². The van der Waals surface area contributed by atoms with Crippen molar-refractivity contribution in [1.29, 1.82) is 10.5 Å². The highest BCUT2D eigenvalue weighted by molar-refractivity contribution is 6.73. The Labute approximate surface area is 302 Å². The molecule has 1 aliphatic heterocycles. The van der Waals surface area contributed by atoms with Gasteiger partial charge in [-0.1, -0.05) is 91.0 Å². The number of benzene rings is 7. The monoisotopic (exact) mass is 678 g/mol. The molecule has 0 radical (unpaired) electrons. The Morgan fingerprint density at radius 2 is 1.17 bits per heavy atom. The fraction of sp³-hybridized carbons (Fsp3) is 0.0638. The minimum atomic E-state index is -0.726. The van der Waals surface area contributed by atoms with Gasteiger partial charge in [0.2, 0.25) is 0 Å². The van der Waals surface area contributed by atoms with Crippen molar-refractivity contribution in [2.24, 2.45) is 0 Å². The second-order valence-electron chi connectivity index (χ2n) is 14.8. The van der Waals surface area contributed by atoms with Crippen LogP contribution < -0.4 is 10.4 Å². The van der Waals surface area contributed by atoms with E-state index in [1.54, 1.807) is 0 Å². The molecule has 0 atom stereocenters. The molecule has 0 saturated carbocycles. The molecule has 0 amide bonds. The summed E-state index contributed by atoms with van der Waals surface area (Å²) in [5, 5.41) is 26.8. The van der Waals surface area contributed by atoms with Crippen LogP contribution in [0.25, 0.3) is 77.2 Å². The van der Waals surface area contributed by atoms with Gasteiger partial charge in [-0.05, 0) is 94.5 Å². The Kier molecular flexibility index (Phi) is 5.71. The quantitative estimate of drug-likeness (QED) is 0.171. The lowest BCUT2D eigenvalue weighted by atomic mass is 9.82. The molecule has 9 aromatic rings. The fourth-order valence-electron chi connectivity index (χ4n) is 9.39. The van der Waals surface area contributed by atoms with Crippen molar-refractivity contribution in [3.05, 3.63) is 156 Å². The summed E-state index contributed by atoms with van der Waals surface area (Å²) in [7, 11) is -0.726. The van der Waals surface area contributed by atoms with E-state index in [4.69, 9.17) is 0 Å². The Morgan fingerprint density at radius 3 is 1.94 bits per heavy atom. The van der Waals surface area contributed by atoms with Gasteiger partial charge in [0.1, 0.15) is 0 Å². The maximum absolute atomic E-state index is 9.67. The minimum absolute atomic E-state index is 0.0714. The van der Waals surface area contributed by atoms with Crippen molar-refractivity contribution in [2.75, 3.05) is 0 Å². The minimum Gasteiger partial charge on any atom is -0.309 e. The zero-order chi connectivity index (χ0) is 34.9. The number of para-hydroxylation sites is 1. The SMILES string of the molecule is CC1(C)c2ccccc2-c2c1ccc1c3ccccc3n(-c3ccc4c(c3)[SiH2]c3ccc(-n5c6ccc(C#N)cc6c6cc(C#N)ccc65)cc3-4)c21. The number of aromatic nitrogens is 2. The number of hydrogen-bond acceptors (Lipinski definition) is 2. The molecule has 0 N–H and O–H groups in total. The highest BCUT2D eigenvalue weighted by atomic mass is 28.2. The summed E-state index contributed by atoms with van der Waals surface area (Å²) in [5.41, 5.74) is 16.1. The first kappa shape index (κ1) is 29.1. The Bertz CT molecular complexity index is 3090. The number of hydrogen-bond donors (Lipinski definition) is 0. The standard InChI is InChI=1S/C47H30N4Si/c1-47(2)38-9-5-3-8-34(38)45-39(47)17-16-33-31-7-4-6-10-40(31)51(46(33)45)30-13-15-32-37-23-29(14-20-43(37)52-44(32)24-30)50-41-18-11-27(25-48)21-35(41)36-22-28(26-49)12-19-42(36)50/h3-24H,52H2,1-2H3. The van der Waals surface area contributed by atoms with Gasteiger partial charge in [-0.2, -0.15) is 10.5 Å². The van der Waals surface area contributed by atoms with Crippen molar-refractivity contribution >= 4 is 63.5 Å². The summed E-state index contributed by atoms with van der Waals surface area (Å²) in [6, 6.07) is 52.8. The van der Waals surface area contributed by atoms with Crippen LogP contribution in [-0.4, -0.2) is 18.7 Å². The summed E-state index contributed by atoms with van der Waals surface area (Å²) in [6.07, 6.45) is 0. The molecule has 242 valence electrons. The smallest absolute Gasteiger partial charge is 0.0991 e. The molecule has 11 rings (SSSR count). The number of nitrogens with zero attached hydrogens (tertiary/aromatic N) is 4. The summed E-state index contributed by atoms with van der Waals surface area (Å²) >= 11 is 0. The Morgan fingerprint density at radius 1 is 0.500 bits per heavy atom. The van der Waals surface area contributed by atoms with Crippen LogP contribution in [0.5, 0.6) is 0 Å². The molecule has 2 aromatic heterocycles. The molecule has 0 unspecified atom stereocenters. The maximum atomic E-state index is 9.67. The summed E-state index contributed by atoms with van der Waals surface area (Å²) in [4.78, 5) is 0. The maximum Gasteiger partial charge on any atom is 0.0991 e. The van der Waals surface area contributed by atoms with Crippen LogP contribution in [0.3, 0.4) is 0 Å². The molecular weight excluding hydrogens is 649 g/mol. The molecule has 7 aromatic carbocycles. The fourth-order valence-corrected chi connectivity index (χ4v) is 11.3. The predicted molar refractivity (Wildman–Crippen MR) is 215 cm³/mol. The van der Waals surface area contributed by atoms with E-state index in [2.05, 4.69) is 132 Å². The predicted octanol–water partition coefficient (Wildman–Crippen LogP) is 9.03. The summed E-state index contributed by atoms with van der Waals surface area (Å²) in [5.74, 6) is 0. The lowest BCUT2D eigenvalue weighted by Gasteiger charge is -2.21. The van der Waals surface area contributed by atoms with Gasteiger partial charge >= 0.3 is 0 Å². The highest BCUT2D eigenvalue weighted by Crippen LogP contribution is 2.52. The summed E-state index contributed by atoms with van der Waals surface area (Å²) < 4.78 is 4.80. The summed E-state index contributed by atoms with van der Waals surface area (Å²) in [6.45, 7) is 4.71. The Hall–Kier alpha value is -6.66. The molecule has 2 aliphatic rings. The first-order valence-electron chi connectivity index (χ1n) is 17.8. The van der Waals surface area contributed by atoms with Crippen LogP contribution in [0.1, 0.15) is 36.1 Å². The van der Waals surface area contributed by atoms with Crippen molar-refractivity contribution in [3.63, 3.8) is 0 Å². The largest absolute Gasteiger partial charge is 0.309 e. The van der Waals surface area contributed by atoms with E-state index in [0.29, 0.717) is 11.1 Å². The third-order valence-corrected chi connectivity index (χ3v) is 13.7. The first-order chi connectivity index (χ1) is 25.4. The van der Waals surface area contributed by atoms with Gasteiger partial charge in [-0.25, -0.2) is 0 Å². The van der Waals surface area contributed by atoms with E-state index in [1.165, 1.54) is 71.2 Å². The molecule has 0 bridgehead atoms. The normalized spacial score (nSPS) is 14.1. The third kappa shape index (κ3) is 3.73. The van der Waals surface area contributed by atoms with Gasteiger partial charge in [-0.15, -0.1) is 0 Å². The average molecular weight is 679 g/mol. The number of nitriles is 2. The molecule has 4 nitrogen and oxygen atoms in total. The van der Waals surface area contributed by atoms with Gasteiger partial charge in [-0.3, -0.25) is 0 Å². The van der Waals surface area contributed by atoms with Crippen molar-refractivity contribution < 1.29 is 0 Å². The van der Waals surface area contributed by atoms with E-state index in [-0.39, 0.29) is 5.41 Å². The third-order valence-electron chi connectivity index (χ3n) is 11.8. The second-order valence-corrected chi connectivity index (χ2v) is 16.7. The van der Waals surface area contributed by atoms with Crippen molar-refractivity contribution in [2.45, 2.75) is 19.3 Å². The highest BCUT2D eigenvalue weighted by Gasteiger charge is 2.37. The van der Waals surface area contributed by atoms with E-state index >= 15 is 0 Å². The zero-order valence-corrected chi connectivity index (χ0v) is 30.1. The van der Waals surface area contributed by atoms with Gasteiger partial charge in [0.25, 0.3) is 0 Å². The molecule has 0 saturated heterocycles.